The summed E-state index contributed by atoms with van der Waals surface area (Å²) in [5.41, 5.74) is 6.88. The third-order valence-electron chi connectivity index (χ3n) is 3.69. The van der Waals surface area contributed by atoms with E-state index in [2.05, 4.69) is 29.1 Å². The summed E-state index contributed by atoms with van der Waals surface area (Å²) in [6.07, 6.45) is 6.41. The van der Waals surface area contributed by atoms with Gasteiger partial charge in [-0.2, -0.15) is 0 Å². The molecule has 0 unspecified atom stereocenters. The van der Waals surface area contributed by atoms with Gasteiger partial charge in [0.05, 0.1) is 6.54 Å². The van der Waals surface area contributed by atoms with E-state index in [0.29, 0.717) is 17.7 Å². The van der Waals surface area contributed by atoms with Crippen LogP contribution in [0.25, 0.3) is 0 Å². The second-order valence-corrected chi connectivity index (χ2v) is 5.37. The Balaban J connectivity index is 1.89. The molecule has 1 aromatic rings. The average Bonchev–Trinajstić information content (AvgIpc) is 3.24. The average molecular weight is 271 g/mol. The number of carbonyl (C=O) groups excluding carboxylic acids is 1. The number of aromatic nitrogens is 1. The number of nitrogens with two attached hydrogens (primary N) is 1. The molecule has 0 bridgehead atoms. The summed E-state index contributed by atoms with van der Waals surface area (Å²) in [6, 6.07) is 3.50. The van der Waals surface area contributed by atoms with Crippen LogP contribution in [0.1, 0.15) is 48.7 Å². The highest BCUT2D eigenvalue weighted by molar-refractivity contribution is 5.92. The molecule has 0 aromatic carbocycles. The third-order valence-corrected chi connectivity index (χ3v) is 3.69. The van der Waals surface area contributed by atoms with Gasteiger partial charge in [-0.15, -0.1) is 0 Å². The lowest BCUT2D eigenvalue weighted by Crippen LogP contribution is -2.30. The van der Waals surface area contributed by atoms with Crippen LogP contribution in [0, 0.1) is 17.3 Å². The Morgan fingerprint density at radius 2 is 2.30 bits per heavy atom. The number of nitrogens with zero attached hydrogens (tertiary/aromatic N) is 1. The molecule has 1 amide bonds. The van der Waals surface area contributed by atoms with Crippen molar-refractivity contribution in [3.8, 4) is 11.8 Å². The van der Waals surface area contributed by atoms with Crippen molar-refractivity contribution < 1.29 is 4.79 Å². The molecule has 0 saturated heterocycles. The van der Waals surface area contributed by atoms with Crippen LogP contribution < -0.4 is 11.1 Å². The van der Waals surface area contributed by atoms with Crippen LogP contribution >= 0.6 is 0 Å². The molecule has 106 valence electrons. The molecule has 0 atom stereocenters. The molecule has 20 heavy (non-hydrogen) atoms. The number of pyridine rings is 1. The van der Waals surface area contributed by atoms with E-state index in [4.69, 9.17) is 5.73 Å². The van der Waals surface area contributed by atoms with Gasteiger partial charge in [-0.25, -0.2) is 4.98 Å². The van der Waals surface area contributed by atoms with E-state index < -0.39 is 0 Å². The van der Waals surface area contributed by atoms with Gasteiger partial charge in [0.15, 0.2) is 0 Å². The van der Waals surface area contributed by atoms with Crippen LogP contribution in [0.5, 0.6) is 0 Å². The lowest BCUT2D eigenvalue weighted by atomic mass is 10.0. The quantitative estimate of drug-likeness (QED) is 0.801. The number of carbonyl (C=O) groups is 1. The van der Waals surface area contributed by atoms with Gasteiger partial charge in [0.1, 0.15) is 5.69 Å². The van der Waals surface area contributed by atoms with Gasteiger partial charge in [0.2, 0.25) is 0 Å². The predicted octanol–water partition coefficient (Wildman–Crippen LogP) is 1.70. The van der Waals surface area contributed by atoms with Crippen LogP contribution in [-0.2, 0) is 0 Å². The number of hydrogen-bond donors (Lipinski definition) is 2. The molecular formula is C16H21N3O. The van der Waals surface area contributed by atoms with Gasteiger partial charge in [-0.1, -0.05) is 25.2 Å². The Morgan fingerprint density at radius 1 is 1.50 bits per heavy atom. The van der Waals surface area contributed by atoms with E-state index >= 15 is 0 Å². The molecular weight excluding hydrogens is 250 g/mol. The van der Waals surface area contributed by atoms with E-state index in [9.17, 15) is 4.79 Å². The van der Waals surface area contributed by atoms with E-state index in [0.717, 1.165) is 12.1 Å². The molecule has 3 N–H and O–H groups in total. The monoisotopic (exact) mass is 271 g/mol. The zero-order chi connectivity index (χ0) is 14.4. The van der Waals surface area contributed by atoms with Crippen LogP contribution in [0.3, 0.4) is 0 Å². The SMILES string of the molecule is CCCC1(CNC(=O)c2ccc(C#CCN)cn2)CC1. The van der Waals surface area contributed by atoms with E-state index in [1.165, 1.54) is 25.7 Å². The second kappa shape index (κ2) is 6.53. The molecule has 1 aliphatic carbocycles. The van der Waals surface area contributed by atoms with Crippen LogP contribution in [0.2, 0.25) is 0 Å². The number of hydrogen-bond acceptors (Lipinski definition) is 3. The summed E-state index contributed by atoms with van der Waals surface area (Å²) in [5.74, 6) is 5.54. The van der Waals surface area contributed by atoms with Crippen molar-refractivity contribution in [1.29, 1.82) is 0 Å². The maximum atomic E-state index is 12.0. The summed E-state index contributed by atoms with van der Waals surface area (Å²) in [6.45, 7) is 3.27. The first kappa shape index (κ1) is 14.5. The lowest BCUT2D eigenvalue weighted by Gasteiger charge is -2.14. The minimum absolute atomic E-state index is 0.106. The first-order chi connectivity index (χ1) is 9.69. The molecule has 1 aromatic heterocycles. The van der Waals surface area contributed by atoms with Gasteiger partial charge < -0.3 is 11.1 Å². The largest absolute Gasteiger partial charge is 0.350 e. The van der Waals surface area contributed by atoms with Gasteiger partial charge in [0.25, 0.3) is 5.91 Å². The molecule has 1 heterocycles. The lowest BCUT2D eigenvalue weighted by molar-refractivity contribution is 0.0939. The second-order valence-electron chi connectivity index (χ2n) is 5.37. The summed E-state index contributed by atoms with van der Waals surface area (Å²) in [5, 5.41) is 2.99. The number of amides is 1. The van der Waals surface area contributed by atoms with Crippen molar-refractivity contribution in [2.45, 2.75) is 32.6 Å². The molecule has 4 nitrogen and oxygen atoms in total. The zero-order valence-electron chi connectivity index (χ0n) is 11.9. The molecule has 1 aliphatic rings. The molecule has 0 spiro atoms. The Labute approximate surface area is 120 Å². The smallest absolute Gasteiger partial charge is 0.269 e. The number of nitrogens with one attached hydrogen (secondary N) is 1. The van der Waals surface area contributed by atoms with Crippen molar-refractivity contribution in [3.63, 3.8) is 0 Å². The molecule has 0 radical (unpaired) electrons. The zero-order valence-corrected chi connectivity index (χ0v) is 11.9. The Kier molecular flexibility index (Phi) is 4.75. The maximum absolute atomic E-state index is 12.0. The first-order valence-corrected chi connectivity index (χ1v) is 7.12. The number of rotatable bonds is 5. The van der Waals surface area contributed by atoms with E-state index in [1.54, 1.807) is 18.3 Å². The fraction of sp³-hybridized carbons (Fsp3) is 0.500. The van der Waals surface area contributed by atoms with Crippen molar-refractivity contribution in [2.75, 3.05) is 13.1 Å². The molecule has 1 saturated carbocycles. The van der Waals surface area contributed by atoms with Crippen molar-refractivity contribution >= 4 is 5.91 Å². The normalized spacial score (nSPS) is 15.1. The standard InChI is InChI=1S/C16H21N3O/c1-2-7-16(8-9-16)12-19-15(20)14-6-5-13(11-18-14)4-3-10-17/h5-6,11H,2,7-10,12,17H2,1H3,(H,19,20). The highest BCUT2D eigenvalue weighted by Gasteiger charge is 2.41. The minimum atomic E-state index is -0.106. The van der Waals surface area contributed by atoms with Crippen molar-refractivity contribution in [3.05, 3.63) is 29.6 Å². The summed E-state index contributed by atoms with van der Waals surface area (Å²) in [7, 11) is 0. The third kappa shape index (κ3) is 3.82. The van der Waals surface area contributed by atoms with E-state index in [-0.39, 0.29) is 5.91 Å². The van der Waals surface area contributed by atoms with Crippen LogP contribution in [0.4, 0.5) is 0 Å². The van der Waals surface area contributed by atoms with Gasteiger partial charge in [0, 0.05) is 18.3 Å². The molecule has 2 rings (SSSR count). The first-order valence-electron chi connectivity index (χ1n) is 7.12. The Hall–Kier alpha value is -1.86. The minimum Gasteiger partial charge on any atom is -0.350 e. The fourth-order valence-corrected chi connectivity index (χ4v) is 2.34. The van der Waals surface area contributed by atoms with Gasteiger partial charge >= 0.3 is 0 Å². The van der Waals surface area contributed by atoms with Crippen LogP contribution in [0.15, 0.2) is 18.3 Å². The van der Waals surface area contributed by atoms with Gasteiger partial charge in [-0.3, -0.25) is 4.79 Å². The highest BCUT2D eigenvalue weighted by Crippen LogP contribution is 2.48. The Bertz CT molecular complexity index is 521. The van der Waals surface area contributed by atoms with Crippen molar-refractivity contribution in [2.24, 2.45) is 11.1 Å². The maximum Gasteiger partial charge on any atom is 0.269 e. The topological polar surface area (TPSA) is 68.0 Å². The van der Waals surface area contributed by atoms with Crippen molar-refractivity contribution in [1.82, 2.24) is 10.3 Å². The highest BCUT2D eigenvalue weighted by atomic mass is 16.1. The molecule has 4 heteroatoms. The fourth-order valence-electron chi connectivity index (χ4n) is 2.34. The molecule has 0 aliphatic heterocycles. The Morgan fingerprint density at radius 3 is 2.85 bits per heavy atom. The summed E-state index contributed by atoms with van der Waals surface area (Å²) in [4.78, 5) is 16.2. The molecule has 1 fully saturated rings. The van der Waals surface area contributed by atoms with Gasteiger partial charge in [-0.05, 0) is 36.8 Å². The van der Waals surface area contributed by atoms with Crippen LogP contribution in [-0.4, -0.2) is 24.0 Å². The predicted molar refractivity (Wildman–Crippen MR) is 79.1 cm³/mol. The summed E-state index contributed by atoms with van der Waals surface area (Å²) >= 11 is 0. The van der Waals surface area contributed by atoms with E-state index in [1.807, 2.05) is 0 Å². The summed E-state index contributed by atoms with van der Waals surface area (Å²) < 4.78 is 0.